The average Bonchev–Trinajstić information content (AvgIpc) is 3.45. The van der Waals surface area contributed by atoms with Crippen LogP contribution in [-0.4, -0.2) is 49.6 Å². The second-order valence-corrected chi connectivity index (χ2v) is 13.3. The van der Waals surface area contributed by atoms with Crippen molar-refractivity contribution in [1.82, 2.24) is 14.9 Å². The van der Waals surface area contributed by atoms with E-state index in [2.05, 4.69) is 12.2 Å². The first-order valence-corrected chi connectivity index (χ1v) is 17.9. The summed E-state index contributed by atoms with van der Waals surface area (Å²) in [5.74, 6) is -3.34. The number of benzene rings is 1. The van der Waals surface area contributed by atoms with Crippen LogP contribution in [0.2, 0.25) is 0 Å². The third-order valence-electron chi connectivity index (χ3n) is 9.78. The summed E-state index contributed by atoms with van der Waals surface area (Å²) in [7, 11) is 0. The summed E-state index contributed by atoms with van der Waals surface area (Å²) in [6.07, 6.45) is 10.6. The number of cyclic esters (lactones) is 1. The molecule has 1 aromatic carbocycles. The molecule has 0 bridgehead atoms. The quantitative estimate of drug-likeness (QED) is 0.0831. The van der Waals surface area contributed by atoms with Gasteiger partial charge in [0.25, 0.3) is 5.56 Å². The third kappa shape index (κ3) is 8.00. The van der Waals surface area contributed by atoms with Gasteiger partial charge in [0, 0.05) is 22.9 Å². The normalized spacial score (nSPS) is 16.6. The predicted molar refractivity (Wildman–Crippen MR) is 185 cm³/mol. The van der Waals surface area contributed by atoms with E-state index in [-0.39, 0.29) is 42.9 Å². The molecule has 0 aliphatic carbocycles. The molecule has 0 saturated carbocycles. The number of unbranched alkanes of at least 4 members (excludes halogenated alkanes) is 9. The number of aromatic nitrogens is 2. The summed E-state index contributed by atoms with van der Waals surface area (Å²) in [5, 5.41) is 22.8. The number of fused-ring (bicyclic) bond motifs is 5. The standard InChI is InChI=1S/C38H47N3O9/c1-3-5-6-7-8-9-10-11-12-13-14-30(36(46)47)39-32(43)17-18-33(44)50-38(4-2)28-21-31-34-25(19-24-20-26(42)15-16-29(24)40-34)22-41(31)35(45)27(28)23-49-37(38)48/h15-16,19-21,30,42H,3-14,17-18,22-23H2,1-2H3,(H,39,43)(H,46,47)/t30?,38-/m0/s1. The molecule has 3 N–H and O–H groups in total. The largest absolute Gasteiger partial charge is 0.508 e. The number of phenolic OH excluding ortho intramolecular Hbond substituents is 1. The van der Waals surface area contributed by atoms with Gasteiger partial charge in [0.2, 0.25) is 11.5 Å². The number of esters is 2. The highest BCUT2D eigenvalue weighted by Crippen LogP contribution is 2.41. The molecule has 1 amide bonds. The van der Waals surface area contributed by atoms with Crippen molar-refractivity contribution in [2.45, 2.75) is 129 Å². The molecule has 1 unspecified atom stereocenters. The lowest BCUT2D eigenvalue weighted by Crippen LogP contribution is -2.47. The van der Waals surface area contributed by atoms with Crippen LogP contribution in [0.5, 0.6) is 5.75 Å². The van der Waals surface area contributed by atoms with Gasteiger partial charge in [-0.25, -0.2) is 14.6 Å². The number of aromatic hydroxyl groups is 1. The molecule has 0 radical (unpaired) electrons. The highest BCUT2D eigenvalue weighted by molar-refractivity contribution is 5.90. The number of carboxylic acids is 1. The maximum Gasteiger partial charge on any atom is 0.355 e. The van der Waals surface area contributed by atoms with Crippen molar-refractivity contribution in [3.63, 3.8) is 0 Å². The first kappa shape index (κ1) is 36.5. The van der Waals surface area contributed by atoms with E-state index in [0.29, 0.717) is 35.1 Å². The van der Waals surface area contributed by atoms with Crippen LogP contribution >= 0.6 is 0 Å². The van der Waals surface area contributed by atoms with Crippen LogP contribution in [0.4, 0.5) is 0 Å². The van der Waals surface area contributed by atoms with E-state index in [1.165, 1.54) is 49.2 Å². The number of rotatable bonds is 18. The summed E-state index contributed by atoms with van der Waals surface area (Å²) in [6.45, 7) is 3.78. The molecule has 2 atom stereocenters. The first-order valence-electron chi connectivity index (χ1n) is 17.9. The van der Waals surface area contributed by atoms with Crippen molar-refractivity contribution >= 4 is 34.7 Å². The molecule has 2 aliphatic rings. The maximum atomic E-state index is 13.7. The van der Waals surface area contributed by atoms with Gasteiger partial charge in [0.15, 0.2) is 0 Å². The van der Waals surface area contributed by atoms with Gasteiger partial charge in [-0.15, -0.1) is 0 Å². The average molecular weight is 690 g/mol. The molecule has 4 heterocycles. The molecule has 2 aromatic heterocycles. The minimum atomic E-state index is -1.92. The lowest BCUT2D eigenvalue weighted by Gasteiger charge is -2.35. The number of aliphatic carboxylic acids is 1. The van der Waals surface area contributed by atoms with Crippen LogP contribution < -0.4 is 10.9 Å². The van der Waals surface area contributed by atoms with E-state index in [9.17, 15) is 34.2 Å². The fraction of sp³-hybridized carbons (Fsp3) is 0.526. The minimum absolute atomic E-state index is 0.0309. The SMILES string of the molecule is CCCCCCCCCCCCC(NC(=O)CCC(=O)O[C@]1(CC)C(=O)OCc2c1cc1n(c2=O)Cc2cc3cc(O)ccc3nc2-1)C(=O)O. The van der Waals surface area contributed by atoms with Crippen LogP contribution in [0.15, 0.2) is 35.1 Å². The Hall–Kier alpha value is -4.74. The molecule has 12 nitrogen and oxygen atoms in total. The van der Waals surface area contributed by atoms with Gasteiger partial charge in [-0.1, -0.05) is 78.1 Å². The van der Waals surface area contributed by atoms with E-state index < -0.39 is 47.4 Å². The molecule has 0 spiro atoms. The highest BCUT2D eigenvalue weighted by Gasteiger charge is 2.50. The molecule has 2 aliphatic heterocycles. The fourth-order valence-electron chi connectivity index (χ4n) is 6.95. The number of pyridine rings is 2. The van der Waals surface area contributed by atoms with Gasteiger partial charge in [-0.3, -0.25) is 14.4 Å². The van der Waals surface area contributed by atoms with Gasteiger partial charge < -0.3 is 29.6 Å². The second kappa shape index (κ2) is 16.3. The first-order chi connectivity index (χ1) is 24.1. The smallest absolute Gasteiger partial charge is 0.355 e. The lowest BCUT2D eigenvalue weighted by atomic mass is 9.85. The maximum absolute atomic E-state index is 13.7. The Balaban J connectivity index is 1.21. The van der Waals surface area contributed by atoms with Crippen LogP contribution in [0.25, 0.3) is 22.3 Å². The fourth-order valence-corrected chi connectivity index (χ4v) is 6.95. The number of carbonyl (C=O) groups excluding carboxylic acids is 3. The van der Waals surface area contributed by atoms with Crippen LogP contribution in [-0.2, 0) is 47.4 Å². The Morgan fingerprint density at radius 3 is 2.36 bits per heavy atom. The second-order valence-electron chi connectivity index (χ2n) is 13.3. The van der Waals surface area contributed by atoms with Crippen LogP contribution in [0.3, 0.4) is 0 Å². The number of hydrogen-bond donors (Lipinski definition) is 3. The van der Waals surface area contributed by atoms with Gasteiger partial charge in [-0.2, -0.15) is 0 Å². The van der Waals surface area contributed by atoms with Crippen molar-refractivity contribution in [3.8, 4) is 17.1 Å². The number of nitrogens with zero attached hydrogens (tertiary/aromatic N) is 2. The predicted octanol–water partition coefficient (Wildman–Crippen LogP) is 6.00. The highest BCUT2D eigenvalue weighted by atomic mass is 16.6. The number of ether oxygens (including phenoxy) is 2. The van der Waals surface area contributed by atoms with E-state index in [0.717, 1.165) is 24.8 Å². The summed E-state index contributed by atoms with van der Waals surface area (Å²) in [5.41, 5.74) is 0.461. The summed E-state index contributed by atoms with van der Waals surface area (Å²) < 4.78 is 12.7. The van der Waals surface area contributed by atoms with Crippen molar-refractivity contribution in [2.24, 2.45) is 0 Å². The number of amides is 1. The third-order valence-corrected chi connectivity index (χ3v) is 9.78. The molecular formula is C38H47N3O9. The molecule has 3 aromatic rings. The number of phenols is 1. The molecule has 0 fully saturated rings. The monoisotopic (exact) mass is 689 g/mol. The van der Waals surface area contributed by atoms with Crippen molar-refractivity contribution < 1.29 is 38.9 Å². The number of carboxylic acid groups (broad SMARTS) is 1. The van der Waals surface area contributed by atoms with Gasteiger partial charge >= 0.3 is 17.9 Å². The summed E-state index contributed by atoms with van der Waals surface area (Å²) in [6, 6.07) is 7.23. The number of nitrogens with one attached hydrogen (secondary N) is 1. The van der Waals surface area contributed by atoms with E-state index in [4.69, 9.17) is 14.5 Å². The molecule has 12 heteroatoms. The lowest BCUT2D eigenvalue weighted by molar-refractivity contribution is -0.189. The molecular weight excluding hydrogens is 642 g/mol. The Kier molecular flexibility index (Phi) is 11.9. The summed E-state index contributed by atoms with van der Waals surface area (Å²) in [4.78, 5) is 69.5. The van der Waals surface area contributed by atoms with E-state index >= 15 is 0 Å². The zero-order chi connectivity index (χ0) is 35.8. The zero-order valence-electron chi connectivity index (χ0n) is 28.9. The van der Waals surface area contributed by atoms with Crippen molar-refractivity contribution in [3.05, 3.63) is 57.4 Å². The summed E-state index contributed by atoms with van der Waals surface area (Å²) >= 11 is 0. The Morgan fingerprint density at radius 2 is 1.68 bits per heavy atom. The van der Waals surface area contributed by atoms with Crippen molar-refractivity contribution in [2.75, 3.05) is 0 Å². The molecule has 50 heavy (non-hydrogen) atoms. The molecule has 5 rings (SSSR count). The molecule has 268 valence electrons. The van der Waals surface area contributed by atoms with Gasteiger partial charge in [-0.05, 0) is 43.2 Å². The van der Waals surface area contributed by atoms with E-state index in [1.807, 2.05) is 6.07 Å². The van der Waals surface area contributed by atoms with Gasteiger partial charge in [0.05, 0.1) is 35.4 Å². The Labute approximate surface area is 291 Å². The van der Waals surface area contributed by atoms with Crippen molar-refractivity contribution in [1.29, 1.82) is 0 Å². The number of hydrogen-bond acceptors (Lipinski definition) is 9. The topological polar surface area (TPSA) is 174 Å². The van der Waals surface area contributed by atoms with Gasteiger partial charge in [0.1, 0.15) is 18.4 Å². The van der Waals surface area contributed by atoms with Crippen LogP contribution in [0.1, 0.15) is 120 Å². The minimum Gasteiger partial charge on any atom is -0.508 e. The Morgan fingerprint density at radius 1 is 0.980 bits per heavy atom. The van der Waals surface area contributed by atoms with E-state index in [1.54, 1.807) is 25.1 Å². The zero-order valence-corrected chi connectivity index (χ0v) is 28.9. The Bertz CT molecular complexity index is 1820. The molecule has 0 saturated heterocycles. The van der Waals surface area contributed by atoms with Crippen LogP contribution in [0, 0.1) is 0 Å². The number of carbonyl (C=O) groups is 4.